The fourth-order valence-corrected chi connectivity index (χ4v) is 7.35. The molecule has 2 aliphatic carbocycles. The lowest BCUT2D eigenvalue weighted by molar-refractivity contribution is -0.140. The second kappa shape index (κ2) is 12.7. The standard InChI is InChI=1S/C36H37Cl2N5O5/c1-20-28-12-15-42(2)19-43(28)41-33(20)34(44)40-27-9-5-8-25(32(27)38)22-6-4-7-24-23(22)10-11-29(24)48-31-17-30(47-3)21(16-26(31)37)18-39-36(13-14-36)35(45)46/h4-9,16-17,29,39H,10-15,18-19H2,1-3H3,(H,40,44)(H,45,46). The summed E-state index contributed by atoms with van der Waals surface area (Å²) in [6.07, 6.45) is 3.30. The Balaban J connectivity index is 1.10. The second-order valence-electron chi connectivity index (χ2n) is 12.9. The van der Waals surface area contributed by atoms with Crippen molar-refractivity contribution in [3.8, 4) is 22.6 Å². The summed E-state index contributed by atoms with van der Waals surface area (Å²) in [5, 5.41) is 21.2. The van der Waals surface area contributed by atoms with E-state index >= 15 is 0 Å². The molecule has 4 aromatic rings. The Morgan fingerprint density at radius 3 is 2.60 bits per heavy atom. The van der Waals surface area contributed by atoms with Gasteiger partial charge in [0, 0.05) is 48.0 Å². The van der Waals surface area contributed by atoms with Gasteiger partial charge < -0.3 is 19.9 Å². The van der Waals surface area contributed by atoms with Crippen molar-refractivity contribution in [2.24, 2.45) is 0 Å². The third-order valence-corrected chi connectivity index (χ3v) is 10.5. The SMILES string of the molecule is COc1cc(OC2CCc3c(-c4cccc(NC(=O)c5nn6c(c5C)CCN(C)C6)c4Cl)cccc32)c(Cl)cc1CNC1(C(=O)O)CC1. The van der Waals surface area contributed by atoms with Crippen LogP contribution in [0.4, 0.5) is 5.69 Å². The number of aromatic nitrogens is 2. The van der Waals surface area contributed by atoms with E-state index in [0.717, 1.165) is 64.9 Å². The van der Waals surface area contributed by atoms with Gasteiger partial charge in [0.2, 0.25) is 0 Å². The smallest absolute Gasteiger partial charge is 0.323 e. The molecule has 1 amide bonds. The molecule has 3 aromatic carbocycles. The number of carboxylic acid groups (broad SMARTS) is 1. The van der Waals surface area contributed by atoms with Crippen LogP contribution in [0.1, 0.15) is 63.8 Å². The van der Waals surface area contributed by atoms with E-state index in [2.05, 4.69) is 26.7 Å². The molecule has 3 aliphatic rings. The van der Waals surface area contributed by atoms with Crippen molar-refractivity contribution in [3.63, 3.8) is 0 Å². The number of methoxy groups -OCH3 is 1. The van der Waals surface area contributed by atoms with Crippen LogP contribution in [0.2, 0.25) is 10.0 Å². The molecule has 1 unspecified atom stereocenters. The zero-order chi connectivity index (χ0) is 33.7. The number of fused-ring (bicyclic) bond motifs is 2. The van der Waals surface area contributed by atoms with Crippen LogP contribution in [0.5, 0.6) is 11.5 Å². The molecule has 10 nitrogen and oxygen atoms in total. The van der Waals surface area contributed by atoms with Gasteiger partial charge in [-0.15, -0.1) is 0 Å². The highest BCUT2D eigenvalue weighted by atomic mass is 35.5. The largest absolute Gasteiger partial charge is 0.496 e. The number of nitrogens with zero attached hydrogens (tertiary/aromatic N) is 3. The Kier molecular flexibility index (Phi) is 8.62. The molecule has 1 atom stereocenters. The lowest BCUT2D eigenvalue weighted by atomic mass is 9.96. The van der Waals surface area contributed by atoms with Crippen molar-refractivity contribution in [2.45, 2.75) is 63.9 Å². The first-order valence-corrected chi connectivity index (χ1v) is 16.8. The van der Waals surface area contributed by atoms with Crippen molar-refractivity contribution < 1.29 is 24.2 Å². The molecule has 0 spiro atoms. The fraction of sp³-hybridized carbons (Fsp3) is 0.361. The number of likely N-dealkylation sites (N-methyl/N-ethyl adjacent to an activating group) is 1. The Hall–Kier alpha value is -4.09. The topological polar surface area (TPSA) is 118 Å². The van der Waals surface area contributed by atoms with Crippen molar-refractivity contribution in [1.82, 2.24) is 20.0 Å². The first-order chi connectivity index (χ1) is 23.1. The normalized spacial score (nSPS) is 17.8. The number of anilines is 1. The van der Waals surface area contributed by atoms with Crippen LogP contribution in [0.3, 0.4) is 0 Å². The summed E-state index contributed by atoms with van der Waals surface area (Å²) in [5.74, 6) is -0.0733. The molecule has 1 aromatic heterocycles. The molecular formula is C36H37Cl2N5O5. The van der Waals surface area contributed by atoms with E-state index in [-0.39, 0.29) is 12.0 Å². The maximum absolute atomic E-state index is 13.4. The number of nitrogens with one attached hydrogen (secondary N) is 2. The van der Waals surface area contributed by atoms with Gasteiger partial charge in [-0.25, -0.2) is 0 Å². The van der Waals surface area contributed by atoms with E-state index in [0.29, 0.717) is 59.0 Å². The van der Waals surface area contributed by atoms with E-state index in [1.165, 1.54) is 0 Å². The molecule has 12 heteroatoms. The van der Waals surface area contributed by atoms with Gasteiger partial charge in [-0.2, -0.15) is 5.10 Å². The number of rotatable bonds is 10. The monoisotopic (exact) mass is 689 g/mol. The molecule has 1 fully saturated rings. The van der Waals surface area contributed by atoms with Crippen molar-refractivity contribution in [2.75, 3.05) is 26.0 Å². The van der Waals surface area contributed by atoms with E-state index in [1.807, 2.05) is 42.9 Å². The zero-order valence-corrected chi connectivity index (χ0v) is 28.5. The zero-order valence-electron chi connectivity index (χ0n) is 27.0. The van der Waals surface area contributed by atoms with Gasteiger partial charge in [0.05, 0.1) is 29.5 Å². The number of amides is 1. The number of halogens is 2. The molecule has 0 bridgehead atoms. The van der Waals surface area contributed by atoms with Gasteiger partial charge >= 0.3 is 5.97 Å². The van der Waals surface area contributed by atoms with Crippen molar-refractivity contribution in [3.05, 3.63) is 92.2 Å². The second-order valence-corrected chi connectivity index (χ2v) is 13.7. The third kappa shape index (κ3) is 5.91. The third-order valence-electron chi connectivity index (χ3n) is 9.77. The average molecular weight is 691 g/mol. The van der Waals surface area contributed by atoms with Crippen molar-refractivity contribution >= 4 is 40.8 Å². The molecule has 0 saturated heterocycles. The Labute approximate surface area is 288 Å². The highest BCUT2D eigenvalue weighted by molar-refractivity contribution is 6.36. The Bertz CT molecular complexity index is 1940. The van der Waals surface area contributed by atoms with E-state index in [1.54, 1.807) is 25.3 Å². The van der Waals surface area contributed by atoms with Gasteiger partial charge in [-0.1, -0.05) is 53.5 Å². The minimum absolute atomic E-state index is 0.247. The Morgan fingerprint density at radius 1 is 1.08 bits per heavy atom. The number of hydrogen-bond donors (Lipinski definition) is 3. The van der Waals surface area contributed by atoms with Crippen LogP contribution >= 0.6 is 23.2 Å². The molecule has 1 saturated carbocycles. The van der Waals surface area contributed by atoms with Crippen LogP contribution in [-0.2, 0) is 30.8 Å². The molecule has 1 aliphatic heterocycles. The van der Waals surface area contributed by atoms with Gasteiger partial charge in [0.1, 0.15) is 23.1 Å². The number of aliphatic carboxylic acids is 1. The number of ether oxygens (including phenoxy) is 2. The number of hydrogen-bond acceptors (Lipinski definition) is 7. The summed E-state index contributed by atoms with van der Waals surface area (Å²) >= 11 is 13.7. The van der Waals surface area contributed by atoms with Crippen LogP contribution in [-0.4, -0.2) is 57.9 Å². The highest BCUT2D eigenvalue weighted by Gasteiger charge is 2.50. The summed E-state index contributed by atoms with van der Waals surface area (Å²) in [5.41, 5.74) is 6.77. The lowest BCUT2D eigenvalue weighted by Gasteiger charge is -2.23. The predicted octanol–water partition coefficient (Wildman–Crippen LogP) is 6.64. The molecule has 2 heterocycles. The molecule has 7 rings (SSSR count). The van der Waals surface area contributed by atoms with Gasteiger partial charge in [-0.3, -0.25) is 24.5 Å². The van der Waals surface area contributed by atoms with Gasteiger partial charge in [0.15, 0.2) is 5.69 Å². The summed E-state index contributed by atoms with van der Waals surface area (Å²) in [4.78, 5) is 27.2. The maximum Gasteiger partial charge on any atom is 0.323 e. The summed E-state index contributed by atoms with van der Waals surface area (Å²) in [6, 6.07) is 15.3. The van der Waals surface area contributed by atoms with Crippen LogP contribution in [0.25, 0.3) is 11.1 Å². The van der Waals surface area contributed by atoms with E-state index in [9.17, 15) is 14.7 Å². The summed E-state index contributed by atoms with van der Waals surface area (Å²) < 4.78 is 14.0. The van der Waals surface area contributed by atoms with E-state index in [4.69, 9.17) is 32.7 Å². The minimum Gasteiger partial charge on any atom is -0.496 e. The van der Waals surface area contributed by atoms with Crippen LogP contribution in [0, 0.1) is 6.92 Å². The first-order valence-electron chi connectivity index (χ1n) is 16.1. The predicted molar refractivity (Wildman–Crippen MR) is 184 cm³/mol. The lowest BCUT2D eigenvalue weighted by Crippen LogP contribution is -2.38. The number of carbonyl (C=O) groups excluding carboxylic acids is 1. The first kappa shape index (κ1) is 32.5. The Morgan fingerprint density at radius 2 is 1.85 bits per heavy atom. The maximum atomic E-state index is 13.4. The summed E-state index contributed by atoms with van der Waals surface area (Å²) in [6.45, 7) is 3.84. The number of carbonyl (C=O) groups is 2. The van der Waals surface area contributed by atoms with Crippen molar-refractivity contribution in [1.29, 1.82) is 0 Å². The average Bonchev–Trinajstić information content (AvgIpc) is 3.66. The molecule has 48 heavy (non-hydrogen) atoms. The van der Waals surface area contributed by atoms with Crippen LogP contribution < -0.4 is 20.1 Å². The van der Waals surface area contributed by atoms with Crippen LogP contribution in [0.15, 0.2) is 48.5 Å². The quantitative estimate of drug-likeness (QED) is 0.170. The molecular weight excluding hydrogens is 653 g/mol. The summed E-state index contributed by atoms with van der Waals surface area (Å²) in [7, 11) is 3.61. The molecule has 250 valence electrons. The van der Waals surface area contributed by atoms with Gasteiger partial charge in [-0.05, 0) is 68.5 Å². The van der Waals surface area contributed by atoms with E-state index < -0.39 is 11.5 Å². The molecule has 3 N–H and O–H groups in total. The number of carboxylic acids is 1. The highest BCUT2D eigenvalue weighted by Crippen LogP contribution is 2.45. The minimum atomic E-state index is -0.873. The fourth-order valence-electron chi connectivity index (χ4n) is 6.84. The van der Waals surface area contributed by atoms with Gasteiger partial charge in [0.25, 0.3) is 5.91 Å². The molecule has 0 radical (unpaired) electrons. The number of benzene rings is 3.